The molecule has 1 aliphatic carbocycles. The number of carbonyl (C=O) groups is 1. The van der Waals surface area contributed by atoms with Crippen LogP contribution >= 0.6 is 0 Å². The molecule has 0 saturated heterocycles. The van der Waals surface area contributed by atoms with Crippen molar-refractivity contribution >= 4 is 11.7 Å². The number of anilines is 1. The van der Waals surface area contributed by atoms with E-state index in [1.165, 1.54) is 5.56 Å². The van der Waals surface area contributed by atoms with Crippen LogP contribution in [-0.2, 0) is 4.79 Å². The topological polar surface area (TPSA) is 87.5 Å². The lowest BCUT2D eigenvalue weighted by atomic mass is 9.85. The molecule has 2 aliphatic rings. The maximum absolute atomic E-state index is 13.1. The number of benzene rings is 2. The van der Waals surface area contributed by atoms with Gasteiger partial charge in [-0.3, -0.25) is 4.79 Å². The fraction of sp³-hybridized carbons (Fsp3) is 0.320. The van der Waals surface area contributed by atoms with Crippen molar-refractivity contribution in [3.05, 3.63) is 58.8 Å². The summed E-state index contributed by atoms with van der Waals surface area (Å²) in [5.74, 6) is 2.87. The van der Waals surface area contributed by atoms with Gasteiger partial charge in [-0.1, -0.05) is 29.8 Å². The number of methoxy groups -OCH3 is 3. The predicted octanol–water partition coefficient (Wildman–Crippen LogP) is 4.30. The molecule has 0 bridgehead atoms. The number of rotatable bonds is 5. The van der Waals surface area contributed by atoms with Gasteiger partial charge in [0.05, 0.1) is 21.3 Å². The fourth-order valence-corrected chi connectivity index (χ4v) is 4.55. The smallest absolute Gasteiger partial charge is 0.226 e. The van der Waals surface area contributed by atoms with Crippen LogP contribution < -0.4 is 19.5 Å². The molecule has 33 heavy (non-hydrogen) atoms. The minimum atomic E-state index is -0.454. The number of hydrogen-bond acceptors (Lipinski definition) is 7. The van der Waals surface area contributed by atoms with E-state index in [0.717, 1.165) is 29.7 Å². The Hall–Kier alpha value is -3.81. The third-order valence-corrected chi connectivity index (χ3v) is 6.18. The van der Waals surface area contributed by atoms with Gasteiger partial charge in [0.2, 0.25) is 11.7 Å². The van der Waals surface area contributed by atoms with Gasteiger partial charge in [0.1, 0.15) is 6.04 Å². The molecule has 8 heteroatoms. The van der Waals surface area contributed by atoms with Crippen LogP contribution in [0.1, 0.15) is 36.4 Å². The number of hydrogen-bond donors (Lipinski definition) is 1. The zero-order chi connectivity index (χ0) is 23.1. The summed E-state index contributed by atoms with van der Waals surface area (Å²) in [5.41, 5.74) is 4.51. The zero-order valence-electron chi connectivity index (χ0n) is 19.1. The van der Waals surface area contributed by atoms with Gasteiger partial charge in [0.25, 0.3) is 0 Å². The van der Waals surface area contributed by atoms with E-state index in [2.05, 4.69) is 5.32 Å². The third kappa shape index (κ3) is 3.51. The Morgan fingerprint density at radius 2 is 1.70 bits per heavy atom. The number of fused-ring (bicyclic) bond motifs is 1. The molecule has 5 rings (SSSR count). The van der Waals surface area contributed by atoms with E-state index in [4.69, 9.17) is 24.3 Å². The molecule has 1 aliphatic heterocycles. The number of allylic oxidation sites excluding steroid dienone is 2. The average molecular weight is 447 g/mol. The van der Waals surface area contributed by atoms with Gasteiger partial charge >= 0.3 is 0 Å². The Balaban J connectivity index is 1.70. The lowest BCUT2D eigenvalue weighted by molar-refractivity contribution is -0.116. The molecule has 1 atom stereocenters. The summed E-state index contributed by atoms with van der Waals surface area (Å²) in [4.78, 5) is 17.9. The number of aryl methyl sites for hydroxylation is 1. The van der Waals surface area contributed by atoms with Crippen LogP contribution in [0.4, 0.5) is 5.95 Å². The molecule has 8 nitrogen and oxygen atoms in total. The van der Waals surface area contributed by atoms with Crippen molar-refractivity contribution in [3.63, 3.8) is 0 Å². The number of nitrogens with zero attached hydrogens (tertiary/aromatic N) is 3. The first kappa shape index (κ1) is 21.1. The minimum absolute atomic E-state index is 0.112. The molecule has 170 valence electrons. The molecule has 2 aromatic carbocycles. The third-order valence-electron chi connectivity index (χ3n) is 6.18. The summed E-state index contributed by atoms with van der Waals surface area (Å²) in [7, 11) is 4.73. The SMILES string of the molecule is COc1cc(C2C3=C(CCCC3=O)Nc3nc(-c4ccc(C)cc4)nn32)cc(OC)c1OC. The Morgan fingerprint density at radius 1 is 1.00 bits per heavy atom. The van der Waals surface area contributed by atoms with Crippen molar-refractivity contribution < 1.29 is 19.0 Å². The second-order valence-corrected chi connectivity index (χ2v) is 8.22. The first-order chi connectivity index (χ1) is 16.0. The quantitative estimate of drug-likeness (QED) is 0.625. The summed E-state index contributed by atoms with van der Waals surface area (Å²) in [6.45, 7) is 2.04. The summed E-state index contributed by atoms with van der Waals surface area (Å²) in [6, 6.07) is 11.4. The standard InChI is InChI=1S/C25H26N4O4/c1-14-8-10-15(11-9-14)24-27-25-26-17-6-5-7-18(30)21(17)22(29(25)28-24)16-12-19(31-2)23(33-4)20(13-16)32-3/h8-13,22H,5-7H2,1-4H3,(H,26,27,28). The molecule has 0 radical (unpaired) electrons. The van der Waals surface area contributed by atoms with Crippen LogP contribution in [0.3, 0.4) is 0 Å². The minimum Gasteiger partial charge on any atom is -0.493 e. The average Bonchev–Trinajstić information content (AvgIpc) is 3.26. The van der Waals surface area contributed by atoms with E-state index in [-0.39, 0.29) is 5.78 Å². The van der Waals surface area contributed by atoms with Gasteiger partial charge in [0.15, 0.2) is 23.1 Å². The molecule has 0 amide bonds. The Labute approximate surface area is 192 Å². The Bertz CT molecular complexity index is 1230. The molecule has 3 aromatic rings. The molecule has 0 spiro atoms. The molecule has 0 fully saturated rings. The van der Waals surface area contributed by atoms with E-state index >= 15 is 0 Å². The maximum atomic E-state index is 13.1. The molecule has 1 N–H and O–H groups in total. The highest BCUT2D eigenvalue weighted by Crippen LogP contribution is 2.45. The van der Waals surface area contributed by atoms with Crippen molar-refractivity contribution in [3.8, 4) is 28.6 Å². The van der Waals surface area contributed by atoms with Crippen LogP contribution in [0.15, 0.2) is 47.7 Å². The van der Waals surface area contributed by atoms with Gasteiger partial charge in [0, 0.05) is 23.3 Å². The van der Waals surface area contributed by atoms with Gasteiger partial charge in [-0.15, -0.1) is 5.10 Å². The molecular weight excluding hydrogens is 420 g/mol. The van der Waals surface area contributed by atoms with Crippen LogP contribution in [0.2, 0.25) is 0 Å². The summed E-state index contributed by atoms with van der Waals surface area (Å²) >= 11 is 0. The first-order valence-corrected chi connectivity index (χ1v) is 10.9. The normalized spacial score (nSPS) is 17.2. The molecule has 0 saturated carbocycles. The fourth-order valence-electron chi connectivity index (χ4n) is 4.55. The second kappa shape index (κ2) is 8.27. The number of aromatic nitrogens is 3. The van der Waals surface area contributed by atoms with Crippen molar-refractivity contribution in [1.29, 1.82) is 0 Å². The molecule has 1 unspecified atom stereocenters. The summed E-state index contributed by atoms with van der Waals surface area (Å²) in [6.07, 6.45) is 2.11. The predicted molar refractivity (Wildman–Crippen MR) is 124 cm³/mol. The number of ether oxygens (including phenoxy) is 3. The monoisotopic (exact) mass is 446 g/mol. The van der Waals surface area contributed by atoms with Gasteiger partial charge in [-0.2, -0.15) is 4.98 Å². The lowest BCUT2D eigenvalue weighted by Gasteiger charge is -2.32. The number of carbonyl (C=O) groups excluding carboxylic acids is 1. The van der Waals surface area contributed by atoms with Crippen molar-refractivity contribution in [2.45, 2.75) is 32.2 Å². The highest BCUT2D eigenvalue weighted by atomic mass is 16.5. The van der Waals surface area contributed by atoms with E-state index < -0.39 is 6.04 Å². The first-order valence-electron chi connectivity index (χ1n) is 10.9. The highest BCUT2D eigenvalue weighted by Gasteiger charge is 2.37. The highest BCUT2D eigenvalue weighted by molar-refractivity contribution is 5.99. The van der Waals surface area contributed by atoms with E-state index in [1.807, 2.05) is 43.3 Å². The zero-order valence-corrected chi connectivity index (χ0v) is 19.1. The van der Waals surface area contributed by atoms with Crippen molar-refractivity contribution in [2.24, 2.45) is 0 Å². The van der Waals surface area contributed by atoms with Crippen LogP contribution in [0, 0.1) is 6.92 Å². The molecule has 2 heterocycles. The lowest BCUT2D eigenvalue weighted by Crippen LogP contribution is -2.31. The largest absolute Gasteiger partial charge is 0.493 e. The van der Waals surface area contributed by atoms with Crippen molar-refractivity contribution in [1.82, 2.24) is 14.8 Å². The Kier molecular flexibility index (Phi) is 5.28. The van der Waals surface area contributed by atoms with E-state index in [9.17, 15) is 4.79 Å². The van der Waals surface area contributed by atoms with E-state index in [0.29, 0.717) is 41.0 Å². The summed E-state index contributed by atoms with van der Waals surface area (Å²) < 4.78 is 18.4. The Morgan fingerprint density at radius 3 is 2.33 bits per heavy atom. The van der Waals surface area contributed by atoms with Gasteiger partial charge in [-0.05, 0) is 37.5 Å². The summed E-state index contributed by atoms with van der Waals surface area (Å²) in [5, 5.41) is 8.20. The van der Waals surface area contributed by atoms with Crippen LogP contribution in [0.5, 0.6) is 17.2 Å². The van der Waals surface area contributed by atoms with Gasteiger partial charge in [-0.25, -0.2) is 4.68 Å². The van der Waals surface area contributed by atoms with Crippen molar-refractivity contribution in [2.75, 3.05) is 26.6 Å². The number of ketones is 1. The molecular formula is C25H26N4O4. The van der Waals surface area contributed by atoms with Crippen LogP contribution in [-0.4, -0.2) is 41.9 Å². The maximum Gasteiger partial charge on any atom is 0.226 e. The number of nitrogens with one attached hydrogen (secondary N) is 1. The molecule has 1 aromatic heterocycles. The van der Waals surface area contributed by atoms with Gasteiger partial charge < -0.3 is 19.5 Å². The van der Waals surface area contributed by atoms with E-state index in [1.54, 1.807) is 26.0 Å². The number of Topliss-reactive ketones (excluding diaryl/α,β-unsaturated/α-hetero) is 1. The second-order valence-electron chi connectivity index (χ2n) is 8.22. The van der Waals surface area contributed by atoms with Crippen LogP contribution in [0.25, 0.3) is 11.4 Å².